The van der Waals surface area contributed by atoms with E-state index < -0.39 is 0 Å². The Bertz CT molecular complexity index is 179. The van der Waals surface area contributed by atoms with E-state index in [9.17, 15) is 0 Å². The predicted octanol–water partition coefficient (Wildman–Crippen LogP) is 1.32. The lowest BCUT2D eigenvalue weighted by molar-refractivity contribution is 0.397. The average Bonchev–Trinajstić information content (AvgIpc) is 1.59. The van der Waals surface area contributed by atoms with E-state index in [0.29, 0.717) is 6.42 Å². The normalized spacial score (nSPS) is 19.0. The summed E-state index contributed by atoms with van der Waals surface area (Å²) in [5, 5.41) is 8.89. The van der Waals surface area contributed by atoms with Crippen LogP contribution in [0.5, 0.6) is 0 Å². The molecule has 1 aliphatic carbocycles. The van der Waals surface area contributed by atoms with E-state index >= 15 is 0 Å². The third-order valence-electron chi connectivity index (χ3n) is 1.17. The second-order valence-electron chi connectivity index (χ2n) is 2.23. The van der Waals surface area contributed by atoms with Crippen LogP contribution in [0.2, 0.25) is 0 Å². The van der Waals surface area contributed by atoms with E-state index in [0.717, 1.165) is 5.57 Å². The molecule has 2 nitrogen and oxygen atoms in total. The first-order valence-electron chi connectivity index (χ1n) is 2.81. The molecule has 0 bridgehead atoms. The van der Waals surface area contributed by atoms with Crippen LogP contribution in [-0.4, -0.2) is 15.7 Å². The molecular weight excluding hydrogens is 116 g/mol. The van der Waals surface area contributed by atoms with Gasteiger partial charge in [0.15, 0.2) is 0 Å². The first kappa shape index (κ1) is 6.08. The minimum Gasteiger partial charge on any atom is -0.512 e. The molecule has 2 heteroatoms. The molecule has 0 aromatic carbocycles. The zero-order chi connectivity index (χ0) is 6.85. The SMILES string of the molecule is CC1=CC(=[OH+])C=C(O)C1. The van der Waals surface area contributed by atoms with E-state index in [1.165, 1.54) is 6.08 Å². The van der Waals surface area contributed by atoms with Crippen LogP contribution in [0.25, 0.3) is 0 Å². The van der Waals surface area contributed by atoms with Crippen molar-refractivity contribution in [2.45, 2.75) is 13.3 Å². The summed E-state index contributed by atoms with van der Waals surface area (Å²) in [7, 11) is 0. The fraction of sp³-hybridized carbons (Fsp3) is 0.286. The second kappa shape index (κ2) is 2.05. The average molecular weight is 125 g/mol. The highest BCUT2D eigenvalue weighted by Crippen LogP contribution is 2.12. The van der Waals surface area contributed by atoms with Crippen LogP contribution in [0, 0.1) is 0 Å². The van der Waals surface area contributed by atoms with Gasteiger partial charge >= 0.3 is 5.78 Å². The minimum atomic E-state index is 0.135. The molecule has 0 atom stereocenters. The summed E-state index contributed by atoms with van der Waals surface area (Å²) in [5.41, 5.74) is 0.979. The maximum absolute atomic E-state index is 8.89. The highest BCUT2D eigenvalue weighted by Gasteiger charge is 2.10. The molecule has 0 unspecified atom stereocenters. The molecule has 0 amide bonds. The summed E-state index contributed by atoms with van der Waals surface area (Å²) in [5.74, 6) is 0.365. The molecule has 0 spiro atoms. The van der Waals surface area contributed by atoms with E-state index in [4.69, 9.17) is 9.90 Å². The number of hydrogen-bond donors (Lipinski definition) is 1. The van der Waals surface area contributed by atoms with Gasteiger partial charge < -0.3 is 5.11 Å². The number of ketones is 1. The van der Waals surface area contributed by atoms with Crippen molar-refractivity contribution in [1.29, 1.82) is 0 Å². The molecular formula is C7H9O2+. The van der Waals surface area contributed by atoms with Crippen LogP contribution < -0.4 is 0 Å². The van der Waals surface area contributed by atoms with E-state index in [-0.39, 0.29) is 11.5 Å². The summed E-state index contributed by atoms with van der Waals surface area (Å²) >= 11 is 0. The van der Waals surface area contributed by atoms with Crippen LogP contribution >= 0.6 is 0 Å². The lowest BCUT2D eigenvalue weighted by Crippen LogP contribution is -1.99. The summed E-state index contributed by atoms with van der Waals surface area (Å²) in [6.45, 7) is 1.86. The maximum atomic E-state index is 8.89. The van der Waals surface area contributed by atoms with Crippen molar-refractivity contribution in [3.63, 3.8) is 0 Å². The Balaban J connectivity index is 2.81. The highest BCUT2D eigenvalue weighted by molar-refractivity contribution is 6.01. The Morgan fingerprint density at radius 2 is 2.22 bits per heavy atom. The number of allylic oxidation sites excluding steroid dienone is 3. The third kappa shape index (κ3) is 1.42. The molecule has 0 aromatic rings. The van der Waals surface area contributed by atoms with Gasteiger partial charge in [-0.25, -0.2) is 0 Å². The molecule has 0 saturated heterocycles. The lowest BCUT2D eigenvalue weighted by atomic mass is 10.1. The summed E-state index contributed by atoms with van der Waals surface area (Å²) in [4.78, 5) is 8.85. The summed E-state index contributed by atoms with van der Waals surface area (Å²) < 4.78 is 0. The Kier molecular flexibility index (Phi) is 1.39. The van der Waals surface area contributed by atoms with E-state index in [1.54, 1.807) is 6.08 Å². The Labute approximate surface area is 53.5 Å². The molecule has 1 aliphatic rings. The van der Waals surface area contributed by atoms with Crippen LogP contribution in [-0.2, 0) is 0 Å². The molecule has 0 aliphatic heterocycles. The van der Waals surface area contributed by atoms with Crippen LogP contribution in [0.1, 0.15) is 13.3 Å². The topological polar surface area (TPSA) is 41.6 Å². The van der Waals surface area contributed by atoms with Gasteiger partial charge in [0.25, 0.3) is 0 Å². The fourth-order valence-corrected chi connectivity index (χ4v) is 0.853. The Hall–Kier alpha value is -1.05. The van der Waals surface area contributed by atoms with Crippen molar-refractivity contribution in [3.05, 3.63) is 23.5 Å². The summed E-state index contributed by atoms with van der Waals surface area (Å²) in [6, 6.07) is 0. The second-order valence-corrected chi connectivity index (χ2v) is 2.23. The number of carbonyl (C=O) groups excluding carboxylic acids is 1. The molecule has 0 fully saturated rings. The molecule has 0 radical (unpaired) electrons. The first-order chi connectivity index (χ1) is 4.18. The standard InChI is InChI=1S/C7H8O2/c1-5-2-6(8)4-7(9)3-5/h2,4,9H,3H2,1H3/p+1. The van der Waals surface area contributed by atoms with Crippen LogP contribution in [0.4, 0.5) is 0 Å². The van der Waals surface area contributed by atoms with E-state index in [1.807, 2.05) is 6.92 Å². The van der Waals surface area contributed by atoms with Crippen molar-refractivity contribution in [2.24, 2.45) is 0 Å². The molecule has 0 heterocycles. The van der Waals surface area contributed by atoms with Crippen molar-refractivity contribution >= 4 is 5.78 Å². The van der Waals surface area contributed by atoms with Gasteiger partial charge in [0.05, 0.1) is 6.08 Å². The minimum absolute atomic E-state index is 0.135. The molecule has 48 valence electrons. The fourth-order valence-electron chi connectivity index (χ4n) is 0.853. The maximum Gasteiger partial charge on any atom is 0.343 e. The van der Waals surface area contributed by atoms with Crippen LogP contribution in [0.3, 0.4) is 0 Å². The number of rotatable bonds is 0. The largest absolute Gasteiger partial charge is 0.512 e. The molecule has 9 heavy (non-hydrogen) atoms. The lowest BCUT2D eigenvalue weighted by Gasteiger charge is -2.00. The van der Waals surface area contributed by atoms with Crippen molar-refractivity contribution in [1.82, 2.24) is 0 Å². The zero-order valence-electron chi connectivity index (χ0n) is 5.26. The predicted molar refractivity (Wildman–Crippen MR) is 36.0 cm³/mol. The van der Waals surface area contributed by atoms with Gasteiger partial charge in [0.2, 0.25) is 0 Å². The van der Waals surface area contributed by atoms with Gasteiger partial charge in [-0.1, -0.05) is 5.57 Å². The number of aliphatic hydroxyl groups is 1. The highest BCUT2D eigenvalue weighted by atomic mass is 16.3. The van der Waals surface area contributed by atoms with Crippen LogP contribution in [0.15, 0.2) is 23.5 Å². The first-order valence-corrected chi connectivity index (χ1v) is 2.81. The molecule has 0 saturated carbocycles. The van der Waals surface area contributed by atoms with Gasteiger partial charge in [-0.05, 0) is 6.92 Å². The van der Waals surface area contributed by atoms with E-state index in [2.05, 4.69) is 0 Å². The quantitative estimate of drug-likeness (QED) is 0.487. The van der Waals surface area contributed by atoms with Crippen molar-refractivity contribution < 1.29 is 9.90 Å². The molecule has 1 rings (SSSR count). The zero-order valence-corrected chi connectivity index (χ0v) is 5.26. The Morgan fingerprint density at radius 3 is 2.67 bits per heavy atom. The van der Waals surface area contributed by atoms with Gasteiger partial charge in [0.1, 0.15) is 5.76 Å². The monoisotopic (exact) mass is 125 g/mol. The molecule has 2 N–H and O–H groups in total. The van der Waals surface area contributed by atoms with Gasteiger partial charge in [0, 0.05) is 12.5 Å². The van der Waals surface area contributed by atoms with Crippen molar-refractivity contribution in [3.8, 4) is 0 Å². The number of aliphatic hydroxyl groups excluding tert-OH is 1. The van der Waals surface area contributed by atoms with Crippen molar-refractivity contribution in [2.75, 3.05) is 0 Å². The van der Waals surface area contributed by atoms with Gasteiger partial charge in [-0.15, -0.1) is 0 Å². The van der Waals surface area contributed by atoms with Gasteiger partial charge in [-0.3, -0.25) is 4.79 Å². The van der Waals surface area contributed by atoms with Gasteiger partial charge in [-0.2, -0.15) is 0 Å². The summed E-state index contributed by atoms with van der Waals surface area (Å²) in [6.07, 6.45) is 3.55. The Morgan fingerprint density at radius 1 is 1.56 bits per heavy atom. The third-order valence-corrected chi connectivity index (χ3v) is 1.17. The number of hydrogen-bond acceptors (Lipinski definition) is 1. The smallest absolute Gasteiger partial charge is 0.343 e. The molecule has 0 aromatic heterocycles.